The molecule has 0 aliphatic rings. The van der Waals surface area contributed by atoms with Crippen LogP contribution in [0.2, 0.25) is 0 Å². The van der Waals surface area contributed by atoms with Crippen molar-refractivity contribution in [3.63, 3.8) is 0 Å². The molecule has 16 heavy (non-hydrogen) atoms. The maximum absolute atomic E-state index is 11.4. The van der Waals surface area contributed by atoms with E-state index >= 15 is 0 Å². The maximum Gasteiger partial charge on any atom is 0.409 e. The van der Waals surface area contributed by atoms with Crippen LogP contribution in [0, 0.1) is 0 Å². The fourth-order valence-corrected chi connectivity index (χ4v) is 0.960. The van der Waals surface area contributed by atoms with Crippen LogP contribution in [0.4, 0.5) is 4.79 Å². The highest BCUT2D eigenvalue weighted by molar-refractivity contribution is 5.68. The summed E-state index contributed by atoms with van der Waals surface area (Å²) in [4.78, 5) is 15.5. The zero-order valence-corrected chi connectivity index (χ0v) is 10.4. The number of alkyl carbamates (subject to hydrolysis) is 1. The van der Waals surface area contributed by atoms with Gasteiger partial charge < -0.3 is 10.1 Å². The van der Waals surface area contributed by atoms with E-state index in [4.69, 9.17) is 4.74 Å². The Balaban J connectivity index is 4.17. The molecule has 1 amide bonds. The summed E-state index contributed by atoms with van der Waals surface area (Å²) >= 11 is 0. The second kappa shape index (κ2) is 6.87. The van der Waals surface area contributed by atoms with Crippen molar-refractivity contribution in [2.24, 2.45) is 4.99 Å². The molecule has 0 heterocycles. The van der Waals surface area contributed by atoms with Crippen LogP contribution in [0.1, 0.15) is 27.7 Å². The lowest BCUT2D eigenvalue weighted by Crippen LogP contribution is -2.42. The molecule has 0 aromatic heterocycles. The van der Waals surface area contributed by atoms with Crippen LogP contribution < -0.4 is 10.6 Å². The topological polar surface area (TPSA) is 62.7 Å². The van der Waals surface area contributed by atoms with Crippen molar-refractivity contribution < 1.29 is 9.53 Å². The summed E-state index contributed by atoms with van der Waals surface area (Å²) in [7, 11) is 0. The van der Waals surface area contributed by atoms with Gasteiger partial charge in [-0.3, -0.25) is 10.3 Å². The van der Waals surface area contributed by atoms with E-state index in [1.807, 2.05) is 20.8 Å². The summed E-state index contributed by atoms with van der Waals surface area (Å²) in [6.45, 7) is 11.2. The molecule has 5 nitrogen and oxygen atoms in total. The van der Waals surface area contributed by atoms with E-state index in [0.29, 0.717) is 6.54 Å². The molecule has 0 aliphatic carbocycles. The highest BCUT2D eigenvalue weighted by Crippen LogP contribution is 2.06. The predicted octanol–water partition coefficient (Wildman–Crippen LogP) is 1.66. The van der Waals surface area contributed by atoms with Gasteiger partial charge in [0.15, 0.2) is 0 Å². The number of carbonyl (C=O) groups is 1. The number of aliphatic imine (C=N–C) groups is 1. The average molecular weight is 227 g/mol. The third-order valence-corrected chi connectivity index (χ3v) is 1.47. The fraction of sp³-hybridized carbons (Fsp3) is 0.636. The minimum Gasteiger partial charge on any atom is -0.444 e. The van der Waals surface area contributed by atoms with Gasteiger partial charge >= 0.3 is 6.09 Å². The molecular weight excluding hydrogens is 206 g/mol. The summed E-state index contributed by atoms with van der Waals surface area (Å²) < 4.78 is 5.12. The van der Waals surface area contributed by atoms with Crippen molar-refractivity contribution in [3.05, 3.63) is 12.8 Å². The Bertz CT molecular complexity index is 256. The molecular formula is C11H21N3O2. The third kappa shape index (κ3) is 7.84. The van der Waals surface area contributed by atoms with Crippen LogP contribution in [0.3, 0.4) is 0 Å². The smallest absolute Gasteiger partial charge is 0.409 e. The first-order valence-corrected chi connectivity index (χ1v) is 5.20. The summed E-state index contributed by atoms with van der Waals surface area (Å²) in [6, 6.07) is 0. The van der Waals surface area contributed by atoms with E-state index in [1.165, 1.54) is 0 Å². The van der Waals surface area contributed by atoms with Gasteiger partial charge in [-0.1, -0.05) is 6.58 Å². The molecule has 5 heteroatoms. The van der Waals surface area contributed by atoms with Crippen LogP contribution >= 0.6 is 0 Å². The summed E-state index contributed by atoms with van der Waals surface area (Å²) in [5.41, 5.74) is -0.504. The van der Waals surface area contributed by atoms with Crippen LogP contribution in [-0.2, 0) is 4.74 Å². The Labute approximate surface area is 97.0 Å². The van der Waals surface area contributed by atoms with Crippen molar-refractivity contribution in [3.8, 4) is 0 Å². The molecule has 0 saturated carbocycles. The Morgan fingerprint density at radius 3 is 2.62 bits per heavy atom. The maximum atomic E-state index is 11.4. The number of rotatable bonds is 5. The number of nitrogens with zero attached hydrogens (tertiary/aromatic N) is 1. The number of hydrogen-bond acceptors (Lipinski definition) is 4. The normalized spacial score (nSPS) is 13.2. The van der Waals surface area contributed by atoms with Crippen molar-refractivity contribution >= 4 is 12.3 Å². The Morgan fingerprint density at radius 2 is 2.19 bits per heavy atom. The first-order chi connectivity index (χ1) is 7.39. The van der Waals surface area contributed by atoms with E-state index in [0.717, 1.165) is 0 Å². The predicted molar refractivity (Wildman–Crippen MR) is 65.5 cm³/mol. The van der Waals surface area contributed by atoms with Gasteiger partial charge in [-0.15, -0.1) is 0 Å². The van der Waals surface area contributed by atoms with Crippen LogP contribution in [-0.4, -0.2) is 30.6 Å². The Morgan fingerprint density at radius 1 is 1.56 bits per heavy atom. The van der Waals surface area contributed by atoms with E-state index in [-0.39, 0.29) is 6.17 Å². The summed E-state index contributed by atoms with van der Waals surface area (Å²) in [5, 5.41) is 5.52. The molecule has 0 aliphatic heterocycles. The molecule has 0 rings (SSSR count). The van der Waals surface area contributed by atoms with Crippen molar-refractivity contribution in [1.29, 1.82) is 0 Å². The SMILES string of the molecule is C=CNCC(/N=C\C)NC(=O)OC(C)(C)C. The molecule has 1 atom stereocenters. The summed E-state index contributed by atoms with van der Waals surface area (Å²) in [5.74, 6) is 0. The lowest BCUT2D eigenvalue weighted by atomic mass is 10.2. The van der Waals surface area contributed by atoms with E-state index in [1.54, 1.807) is 19.3 Å². The molecule has 2 N–H and O–H groups in total. The standard InChI is InChI=1S/C11H21N3O2/c1-6-12-8-9(13-7-2)14-10(15)16-11(3,4)5/h6-7,9,12H,1,8H2,2-5H3,(H,14,15)/b13-7-. The fourth-order valence-electron chi connectivity index (χ4n) is 0.960. The van der Waals surface area contributed by atoms with Gasteiger partial charge in [-0.05, 0) is 40.1 Å². The zero-order chi connectivity index (χ0) is 12.6. The lowest BCUT2D eigenvalue weighted by Gasteiger charge is -2.22. The van der Waals surface area contributed by atoms with Crippen LogP contribution in [0.5, 0.6) is 0 Å². The monoisotopic (exact) mass is 227 g/mol. The minimum atomic E-state index is -0.504. The van der Waals surface area contributed by atoms with Crippen molar-refractivity contribution in [1.82, 2.24) is 10.6 Å². The first kappa shape index (κ1) is 14.5. The number of ether oxygens (including phenoxy) is 1. The zero-order valence-electron chi connectivity index (χ0n) is 10.4. The largest absolute Gasteiger partial charge is 0.444 e. The molecule has 0 radical (unpaired) electrons. The molecule has 0 aromatic carbocycles. The van der Waals surface area contributed by atoms with Crippen molar-refractivity contribution in [2.75, 3.05) is 6.54 Å². The Hall–Kier alpha value is -1.52. The second-order valence-corrected chi connectivity index (χ2v) is 4.18. The molecule has 92 valence electrons. The lowest BCUT2D eigenvalue weighted by molar-refractivity contribution is 0.0507. The second-order valence-electron chi connectivity index (χ2n) is 4.18. The molecule has 1 unspecified atom stereocenters. The van der Waals surface area contributed by atoms with Gasteiger partial charge in [0.25, 0.3) is 0 Å². The van der Waals surface area contributed by atoms with Gasteiger partial charge in [0, 0.05) is 0 Å². The van der Waals surface area contributed by atoms with E-state index in [9.17, 15) is 4.79 Å². The third-order valence-electron chi connectivity index (χ3n) is 1.47. The van der Waals surface area contributed by atoms with E-state index < -0.39 is 11.7 Å². The van der Waals surface area contributed by atoms with Gasteiger partial charge in [-0.25, -0.2) is 4.79 Å². The van der Waals surface area contributed by atoms with Gasteiger partial charge in [0.1, 0.15) is 11.8 Å². The molecule has 0 bridgehead atoms. The number of hydrogen-bond donors (Lipinski definition) is 2. The minimum absolute atomic E-state index is 0.349. The molecule has 0 saturated heterocycles. The van der Waals surface area contributed by atoms with Crippen LogP contribution in [0.15, 0.2) is 17.8 Å². The van der Waals surface area contributed by atoms with E-state index in [2.05, 4.69) is 22.2 Å². The van der Waals surface area contributed by atoms with Crippen LogP contribution in [0.25, 0.3) is 0 Å². The number of amides is 1. The first-order valence-electron chi connectivity index (χ1n) is 5.20. The number of carbonyl (C=O) groups excluding carboxylic acids is 1. The quantitative estimate of drug-likeness (QED) is 0.702. The van der Waals surface area contributed by atoms with Gasteiger partial charge in [0.2, 0.25) is 0 Å². The highest BCUT2D eigenvalue weighted by atomic mass is 16.6. The number of nitrogens with one attached hydrogen (secondary N) is 2. The average Bonchev–Trinajstić information content (AvgIpc) is 2.11. The van der Waals surface area contributed by atoms with Gasteiger partial charge in [0.05, 0.1) is 6.54 Å². The molecule has 0 fully saturated rings. The Kier molecular flexibility index (Phi) is 6.22. The van der Waals surface area contributed by atoms with Crippen molar-refractivity contribution in [2.45, 2.75) is 39.5 Å². The molecule has 0 aromatic rings. The highest BCUT2D eigenvalue weighted by Gasteiger charge is 2.18. The summed E-state index contributed by atoms with van der Waals surface area (Å²) in [6.07, 6.45) is 2.36. The molecule has 0 spiro atoms. The van der Waals surface area contributed by atoms with Gasteiger partial charge in [-0.2, -0.15) is 0 Å².